The monoisotopic (exact) mass is 174 g/mol. The molecule has 0 saturated carbocycles. The molecular weight excluding hydrogens is 167 g/mol. The van der Waals surface area contributed by atoms with Crippen LogP contribution in [0.4, 0.5) is 0 Å². The molecule has 0 atom stereocenters. The van der Waals surface area contributed by atoms with E-state index in [0.717, 1.165) is 21.9 Å². The summed E-state index contributed by atoms with van der Waals surface area (Å²) in [6.45, 7) is 0. The summed E-state index contributed by atoms with van der Waals surface area (Å²) in [6.07, 6.45) is 0. The third kappa shape index (κ3) is 1.26. The standard InChI is InChI=1S/C12H7O.Li/c1-3-7-11-9(5-1)10-6-2-4-8-12(10)13-11;/h1-7H;/q-1;+1. The van der Waals surface area contributed by atoms with Crippen LogP contribution in [0.3, 0.4) is 0 Å². The van der Waals surface area contributed by atoms with Crippen molar-refractivity contribution >= 4 is 21.9 Å². The topological polar surface area (TPSA) is 13.1 Å². The number of rotatable bonds is 0. The van der Waals surface area contributed by atoms with Crippen LogP contribution in [0.15, 0.2) is 46.9 Å². The Kier molecular flexibility index (Phi) is 2.37. The summed E-state index contributed by atoms with van der Waals surface area (Å²) in [4.78, 5) is 0. The number of furan rings is 1. The maximum atomic E-state index is 5.60. The van der Waals surface area contributed by atoms with Crippen molar-refractivity contribution in [1.29, 1.82) is 0 Å². The first-order chi connectivity index (χ1) is 6.45. The molecule has 2 aromatic carbocycles. The predicted octanol–water partition coefficient (Wildman–Crippen LogP) is 0.390. The van der Waals surface area contributed by atoms with Crippen molar-refractivity contribution in [3.8, 4) is 0 Å². The fourth-order valence-electron chi connectivity index (χ4n) is 1.61. The number of fused-ring (bicyclic) bond motifs is 3. The Labute approximate surface area is 93.9 Å². The molecule has 0 amide bonds. The molecule has 1 aromatic heterocycles. The maximum Gasteiger partial charge on any atom is 1.00 e. The average Bonchev–Trinajstić information content (AvgIpc) is 2.56. The summed E-state index contributed by atoms with van der Waals surface area (Å²) < 4.78 is 5.60. The van der Waals surface area contributed by atoms with Crippen LogP contribution in [0.25, 0.3) is 21.9 Å². The molecule has 62 valence electrons. The van der Waals surface area contributed by atoms with Gasteiger partial charge in [-0.25, -0.2) is 0 Å². The largest absolute Gasteiger partial charge is 1.00 e. The van der Waals surface area contributed by atoms with E-state index in [-0.39, 0.29) is 18.9 Å². The zero-order valence-electron chi connectivity index (χ0n) is 7.95. The summed E-state index contributed by atoms with van der Waals surface area (Å²) in [5.41, 5.74) is 1.77. The normalized spacial score (nSPS) is 10.3. The third-order valence-corrected chi connectivity index (χ3v) is 2.21. The van der Waals surface area contributed by atoms with Gasteiger partial charge in [0.25, 0.3) is 0 Å². The molecule has 0 radical (unpaired) electrons. The fraction of sp³-hybridized carbons (Fsp3) is 0. The van der Waals surface area contributed by atoms with Crippen molar-refractivity contribution < 1.29 is 23.3 Å². The molecule has 0 unspecified atom stereocenters. The van der Waals surface area contributed by atoms with E-state index >= 15 is 0 Å². The van der Waals surface area contributed by atoms with Gasteiger partial charge < -0.3 is 4.42 Å². The number of para-hydroxylation sites is 2. The molecule has 0 spiro atoms. The van der Waals surface area contributed by atoms with Crippen molar-refractivity contribution in [2.45, 2.75) is 0 Å². The molecule has 1 nitrogen and oxygen atoms in total. The van der Waals surface area contributed by atoms with Crippen LogP contribution in [0.2, 0.25) is 0 Å². The van der Waals surface area contributed by atoms with E-state index in [1.54, 1.807) is 0 Å². The summed E-state index contributed by atoms with van der Waals surface area (Å²) >= 11 is 0. The molecule has 0 fully saturated rings. The Morgan fingerprint density at radius 3 is 2.64 bits per heavy atom. The van der Waals surface area contributed by atoms with Crippen molar-refractivity contribution in [3.05, 3.63) is 48.5 Å². The second-order valence-corrected chi connectivity index (χ2v) is 3.01. The van der Waals surface area contributed by atoms with E-state index in [9.17, 15) is 0 Å². The van der Waals surface area contributed by atoms with Gasteiger partial charge in [0.1, 0.15) is 5.58 Å². The Hall–Kier alpha value is -1.16. The van der Waals surface area contributed by atoms with Crippen molar-refractivity contribution in [2.24, 2.45) is 0 Å². The predicted molar refractivity (Wildman–Crippen MR) is 52.6 cm³/mol. The van der Waals surface area contributed by atoms with Crippen LogP contribution in [0.1, 0.15) is 0 Å². The molecule has 3 aromatic rings. The van der Waals surface area contributed by atoms with Crippen LogP contribution in [-0.2, 0) is 0 Å². The molecule has 3 rings (SSSR count). The van der Waals surface area contributed by atoms with Crippen LogP contribution < -0.4 is 18.9 Å². The first-order valence-electron chi connectivity index (χ1n) is 4.23. The minimum absolute atomic E-state index is 0. The van der Waals surface area contributed by atoms with Gasteiger partial charge in [-0.1, -0.05) is 23.6 Å². The second kappa shape index (κ2) is 3.53. The Bertz CT molecular complexity index is 518. The van der Waals surface area contributed by atoms with Gasteiger partial charge in [0.2, 0.25) is 0 Å². The third-order valence-electron chi connectivity index (χ3n) is 2.21. The van der Waals surface area contributed by atoms with Gasteiger partial charge >= 0.3 is 18.9 Å². The molecule has 0 bridgehead atoms. The summed E-state index contributed by atoms with van der Waals surface area (Å²) in [5, 5.41) is 2.30. The number of benzene rings is 2. The molecule has 0 saturated heterocycles. The molecule has 0 aliphatic rings. The second-order valence-electron chi connectivity index (χ2n) is 3.01. The minimum atomic E-state index is 0. The smallest absolute Gasteiger partial charge is 0.483 e. The SMILES string of the molecule is [Li+].[c-]1cccc2c1oc1ccccc12. The minimum Gasteiger partial charge on any atom is -0.483 e. The molecule has 0 N–H and O–H groups in total. The molecule has 0 aliphatic carbocycles. The fourth-order valence-corrected chi connectivity index (χ4v) is 1.61. The summed E-state index contributed by atoms with van der Waals surface area (Å²) in [6, 6.07) is 17.0. The Morgan fingerprint density at radius 1 is 0.929 bits per heavy atom. The van der Waals surface area contributed by atoms with Gasteiger partial charge in [-0.3, -0.25) is 0 Å². The average molecular weight is 174 g/mol. The van der Waals surface area contributed by atoms with Crippen molar-refractivity contribution in [3.63, 3.8) is 0 Å². The molecule has 14 heavy (non-hydrogen) atoms. The maximum absolute atomic E-state index is 5.60. The number of hydrogen-bond donors (Lipinski definition) is 0. The summed E-state index contributed by atoms with van der Waals surface area (Å²) in [7, 11) is 0. The first-order valence-corrected chi connectivity index (χ1v) is 4.23. The first kappa shape index (κ1) is 9.39. The zero-order chi connectivity index (χ0) is 8.67. The molecule has 0 aliphatic heterocycles. The van der Waals surface area contributed by atoms with Gasteiger partial charge in [0.15, 0.2) is 0 Å². The van der Waals surface area contributed by atoms with Gasteiger partial charge in [-0.2, -0.15) is 18.2 Å². The van der Waals surface area contributed by atoms with E-state index < -0.39 is 0 Å². The van der Waals surface area contributed by atoms with E-state index in [4.69, 9.17) is 4.42 Å². The Balaban J connectivity index is 0.000000750. The van der Waals surface area contributed by atoms with Crippen LogP contribution in [0, 0.1) is 6.07 Å². The Morgan fingerprint density at radius 2 is 1.71 bits per heavy atom. The van der Waals surface area contributed by atoms with Crippen LogP contribution in [-0.4, -0.2) is 0 Å². The van der Waals surface area contributed by atoms with Gasteiger partial charge in [-0.15, -0.1) is 6.07 Å². The van der Waals surface area contributed by atoms with Crippen molar-refractivity contribution in [2.75, 3.05) is 0 Å². The van der Waals surface area contributed by atoms with E-state index in [1.165, 1.54) is 0 Å². The van der Waals surface area contributed by atoms with Gasteiger partial charge in [0, 0.05) is 5.58 Å². The molecular formula is C12H7LiO. The van der Waals surface area contributed by atoms with Gasteiger partial charge in [0.05, 0.1) is 0 Å². The van der Waals surface area contributed by atoms with Crippen LogP contribution in [0.5, 0.6) is 0 Å². The van der Waals surface area contributed by atoms with Gasteiger partial charge in [-0.05, 0) is 11.5 Å². The van der Waals surface area contributed by atoms with E-state index in [1.807, 2.05) is 30.3 Å². The van der Waals surface area contributed by atoms with Crippen molar-refractivity contribution in [1.82, 2.24) is 0 Å². The molecule has 2 heteroatoms. The van der Waals surface area contributed by atoms with E-state index in [2.05, 4.69) is 18.2 Å². The quantitative estimate of drug-likeness (QED) is 0.355. The van der Waals surface area contributed by atoms with Crippen LogP contribution >= 0.6 is 0 Å². The number of hydrogen-bond acceptors (Lipinski definition) is 1. The van der Waals surface area contributed by atoms with E-state index in [0.29, 0.717) is 0 Å². The summed E-state index contributed by atoms with van der Waals surface area (Å²) in [5.74, 6) is 0. The molecule has 1 heterocycles. The zero-order valence-corrected chi connectivity index (χ0v) is 7.95.